The summed E-state index contributed by atoms with van der Waals surface area (Å²) in [6.07, 6.45) is 2.68. The highest BCUT2D eigenvalue weighted by molar-refractivity contribution is 5.97. The molecule has 1 aromatic rings. The number of rotatable bonds is 4. The van der Waals surface area contributed by atoms with Crippen molar-refractivity contribution in [3.8, 4) is 5.75 Å². The van der Waals surface area contributed by atoms with Gasteiger partial charge in [-0.25, -0.2) is 0 Å². The van der Waals surface area contributed by atoms with Gasteiger partial charge in [0.1, 0.15) is 5.75 Å². The van der Waals surface area contributed by atoms with Gasteiger partial charge >= 0.3 is 0 Å². The molecule has 0 aromatic heterocycles. The van der Waals surface area contributed by atoms with E-state index in [1.54, 1.807) is 19.2 Å². The Balaban J connectivity index is 2.09. The van der Waals surface area contributed by atoms with E-state index in [-0.39, 0.29) is 17.9 Å². The molecule has 1 N–H and O–H groups in total. The van der Waals surface area contributed by atoms with Crippen molar-refractivity contribution in [3.05, 3.63) is 29.8 Å². The molecule has 1 amide bonds. The van der Waals surface area contributed by atoms with E-state index in [4.69, 9.17) is 4.74 Å². The topological polar surface area (TPSA) is 49.8 Å². The second-order valence-corrected chi connectivity index (χ2v) is 5.50. The molecule has 1 aromatic carbocycles. The first-order chi connectivity index (χ1) is 9.65. The molecule has 0 saturated carbocycles. The first-order valence-electron chi connectivity index (χ1n) is 7.19. The zero-order valence-corrected chi connectivity index (χ0v) is 12.3. The average Bonchev–Trinajstić information content (AvgIpc) is 2.54. The summed E-state index contributed by atoms with van der Waals surface area (Å²) < 4.78 is 5.25. The summed E-state index contributed by atoms with van der Waals surface area (Å²) in [6.45, 7) is 3.71. The van der Waals surface area contributed by atoms with Crippen LogP contribution in [0.25, 0.3) is 0 Å². The Morgan fingerprint density at radius 3 is 2.55 bits per heavy atom. The smallest absolute Gasteiger partial charge is 0.257 e. The van der Waals surface area contributed by atoms with Crippen LogP contribution in [-0.2, 0) is 0 Å². The first kappa shape index (κ1) is 14.9. The minimum atomic E-state index is -0.00243. The Hall–Kier alpha value is -1.55. The van der Waals surface area contributed by atoms with Crippen LogP contribution in [0.2, 0.25) is 0 Å². The highest BCUT2D eigenvalue weighted by Gasteiger charge is 2.34. The molecule has 4 nitrogen and oxygen atoms in total. The van der Waals surface area contributed by atoms with Gasteiger partial charge in [-0.1, -0.05) is 19.1 Å². The Morgan fingerprint density at radius 1 is 1.35 bits per heavy atom. The van der Waals surface area contributed by atoms with E-state index < -0.39 is 0 Å². The number of piperidine rings is 1. The fourth-order valence-electron chi connectivity index (χ4n) is 2.80. The van der Waals surface area contributed by atoms with Crippen LogP contribution in [-0.4, -0.2) is 42.7 Å². The van der Waals surface area contributed by atoms with Gasteiger partial charge in [0.15, 0.2) is 0 Å². The third kappa shape index (κ3) is 2.80. The number of hydrogen-bond donors (Lipinski definition) is 1. The normalized spacial score (nSPS) is 17.9. The molecule has 110 valence electrons. The highest BCUT2D eigenvalue weighted by Crippen LogP contribution is 2.35. The molecule has 0 spiro atoms. The van der Waals surface area contributed by atoms with Crippen molar-refractivity contribution in [1.82, 2.24) is 4.90 Å². The lowest BCUT2D eigenvalue weighted by atomic mass is 9.77. The maximum absolute atomic E-state index is 12.6. The summed E-state index contributed by atoms with van der Waals surface area (Å²) in [6, 6.07) is 7.32. The fourth-order valence-corrected chi connectivity index (χ4v) is 2.80. The number of amides is 1. The van der Waals surface area contributed by atoms with Gasteiger partial charge in [0.25, 0.3) is 5.91 Å². The average molecular weight is 277 g/mol. The largest absolute Gasteiger partial charge is 0.496 e. The molecule has 1 saturated heterocycles. The lowest BCUT2D eigenvalue weighted by Gasteiger charge is -2.40. The van der Waals surface area contributed by atoms with E-state index in [1.165, 1.54) is 0 Å². The minimum Gasteiger partial charge on any atom is -0.496 e. The van der Waals surface area contributed by atoms with E-state index in [0.29, 0.717) is 24.4 Å². The van der Waals surface area contributed by atoms with Gasteiger partial charge in [-0.3, -0.25) is 4.79 Å². The molecule has 0 bridgehead atoms. The number of ether oxygens (including phenoxy) is 1. The minimum absolute atomic E-state index is 0.00243. The van der Waals surface area contributed by atoms with Gasteiger partial charge in [0.2, 0.25) is 0 Å². The number of hydrogen-bond acceptors (Lipinski definition) is 3. The lowest BCUT2D eigenvalue weighted by Crippen LogP contribution is -2.44. The summed E-state index contributed by atoms with van der Waals surface area (Å²) in [5.41, 5.74) is 0.611. The zero-order valence-electron chi connectivity index (χ0n) is 12.3. The Bertz CT molecular complexity index is 459. The number of methoxy groups -OCH3 is 1. The predicted molar refractivity (Wildman–Crippen MR) is 77.9 cm³/mol. The van der Waals surface area contributed by atoms with Crippen molar-refractivity contribution in [3.63, 3.8) is 0 Å². The highest BCUT2D eigenvalue weighted by atomic mass is 16.5. The van der Waals surface area contributed by atoms with Crippen molar-refractivity contribution < 1.29 is 14.6 Å². The molecular formula is C16H23NO3. The molecule has 1 aliphatic rings. The molecule has 0 unspecified atom stereocenters. The monoisotopic (exact) mass is 277 g/mol. The van der Waals surface area contributed by atoms with Gasteiger partial charge in [0.05, 0.1) is 12.7 Å². The van der Waals surface area contributed by atoms with Crippen LogP contribution in [0.15, 0.2) is 24.3 Å². The maximum Gasteiger partial charge on any atom is 0.257 e. The molecule has 1 aliphatic heterocycles. The summed E-state index contributed by atoms with van der Waals surface area (Å²) in [5, 5.41) is 9.54. The van der Waals surface area contributed by atoms with E-state index in [9.17, 15) is 9.90 Å². The van der Waals surface area contributed by atoms with Crippen molar-refractivity contribution in [2.75, 3.05) is 26.8 Å². The van der Waals surface area contributed by atoms with E-state index in [0.717, 1.165) is 19.3 Å². The Morgan fingerprint density at radius 2 is 2.00 bits per heavy atom. The van der Waals surface area contributed by atoms with Crippen molar-refractivity contribution in [2.45, 2.75) is 26.2 Å². The molecule has 20 heavy (non-hydrogen) atoms. The van der Waals surface area contributed by atoms with Crippen LogP contribution < -0.4 is 4.74 Å². The van der Waals surface area contributed by atoms with Gasteiger partial charge in [-0.2, -0.15) is 0 Å². The van der Waals surface area contributed by atoms with Crippen molar-refractivity contribution in [2.24, 2.45) is 5.41 Å². The van der Waals surface area contributed by atoms with Crippen LogP contribution in [0, 0.1) is 5.41 Å². The number of para-hydroxylation sites is 1. The number of carbonyl (C=O) groups excluding carboxylic acids is 1. The molecule has 2 rings (SSSR count). The molecule has 1 fully saturated rings. The lowest BCUT2D eigenvalue weighted by molar-refractivity contribution is 0.0336. The third-order valence-corrected chi connectivity index (χ3v) is 4.53. The number of nitrogens with zero attached hydrogens (tertiary/aromatic N) is 1. The summed E-state index contributed by atoms with van der Waals surface area (Å²) >= 11 is 0. The summed E-state index contributed by atoms with van der Waals surface area (Å²) in [7, 11) is 1.58. The molecule has 0 radical (unpaired) electrons. The van der Waals surface area contributed by atoms with Crippen LogP contribution in [0.3, 0.4) is 0 Å². The second-order valence-electron chi connectivity index (χ2n) is 5.50. The number of carbonyl (C=O) groups is 1. The fraction of sp³-hybridized carbons (Fsp3) is 0.562. The van der Waals surface area contributed by atoms with Crippen molar-refractivity contribution in [1.29, 1.82) is 0 Å². The zero-order chi connectivity index (χ0) is 14.6. The summed E-state index contributed by atoms with van der Waals surface area (Å²) in [5.74, 6) is 0.636. The van der Waals surface area contributed by atoms with Crippen LogP contribution >= 0.6 is 0 Å². The Kier molecular flexibility index (Phi) is 4.65. The quantitative estimate of drug-likeness (QED) is 0.919. The van der Waals surface area contributed by atoms with E-state index >= 15 is 0 Å². The first-order valence-corrected chi connectivity index (χ1v) is 7.19. The molecule has 4 heteroatoms. The van der Waals surface area contributed by atoms with Gasteiger partial charge in [-0.15, -0.1) is 0 Å². The van der Waals surface area contributed by atoms with Gasteiger partial charge in [-0.05, 0) is 36.8 Å². The standard InChI is InChI=1S/C16H23NO3/c1-3-16(12-18)8-10-17(11-9-16)15(19)13-6-4-5-7-14(13)20-2/h4-7,18H,3,8-12H2,1-2H3. The van der Waals surface area contributed by atoms with E-state index in [1.807, 2.05) is 17.0 Å². The third-order valence-electron chi connectivity index (χ3n) is 4.53. The van der Waals surface area contributed by atoms with Crippen LogP contribution in [0.5, 0.6) is 5.75 Å². The van der Waals surface area contributed by atoms with Crippen LogP contribution in [0.1, 0.15) is 36.5 Å². The SMILES string of the molecule is CCC1(CO)CCN(C(=O)c2ccccc2OC)CC1. The number of aliphatic hydroxyl groups excluding tert-OH is 1. The predicted octanol–water partition coefficient (Wildman–Crippen LogP) is 2.32. The number of likely N-dealkylation sites (tertiary alicyclic amines) is 1. The number of benzene rings is 1. The number of aliphatic hydroxyl groups is 1. The molecule has 1 heterocycles. The van der Waals surface area contributed by atoms with Crippen LogP contribution in [0.4, 0.5) is 0 Å². The summed E-state index contributed by atoms with van der Waals surface area (Å²) in [4.78, 5) is 14.4. The van der Waals surface area contributed by atoms with Gasteiger partial charge in [0, 0.05) is 19.7 Å². The van der Waals surface area contributed by atoms with Crippen molar-refractivity contribution >= 4 is 5.91 Å². The van der Waals surface area contributed by atoms with Gasteiger partial charge < -0.3 is 14.7 Å². The Labute approximate surface area is 120 Å². The molecule has 0 aliphatic carbocycles. The molecule has 0 atom stereocenters. The van der Waals surface area contributed by atoms with E-state index in [2.05, 4.69) is 6.92 Å². The molecular weight excluding hydrogens is 254 g/mol. The second kappa shape index (κ2) is 6.27. The maximum atomic E-state index is 12.6.